The van der Waals surface area contributed by atoms with E-state index in [1.165, 1.54) is 18.2 Å². The molecule has 1 aromatic carbocycles. The van der Waals surface area contributed by atoms with E-state index >= 15 is 0 Å². The first-order valence-corrected chi connectivity index (χ1v) is 5.09. The van der Waals surface area contributed by atoms with Crippen molar-refractivity contribution in [2.75, 3.05) is 13.2 Å². The van der Waals surface area contributed by atoms with E-state index in [0.717, 1.165) is 0 Å². The molecule has 0 aliphatic heterocycles. The molecular weight excluding hydrogens is 234 g/mol. The van der Waals surface area contributed by atoms with Gasteiger partial charge in [-0.15, -0.1) is 0 Å². The lowest BCUT2D eigenvalue weighted by Crippen LogP contribution is -2.07. The number of aliphatic hydroxyl groups is 2. The summed E-state index contributed by atoms with van der Waals surface area (Å²) >= 11 is 0. The number of rotatable bonds is 6. The molecule has 0 bridgehead atoms. The van der Waals surface area contributed by atoms with Crippen LogP contribution in [0.3, 0.4) is 0 Å². The predicted molar refractivity (Wildman–Crippen MR) is 56.3 cm³/mol. The minimum atomic E-state index is -2.94. The summed E-state index contributed by atoms with van der Waals surface area (Å²) in [5.41, 5.74) is 0.373. The molecule has 0 heterocycles. The molecule has 0 fully saturated rings. The molecule has 0 spiro atoms. The lowest BCUT2D eigenvalue weighted by molar-refractivity contribution is -0.0514. The fourth-order valence-corrected chi connectivity index (χ4v) is 1.30. The van der Waals surface area contributed by atoms with Crippen molar-refractivity contribution in [2.24, 2.45) is 0 Å². The van der Waals surface area contributed by atoms with Gasteiger partial charge in [-0.05, 0) is 24.6 Å². The van der Waals surface area contributed by atoms with Gasteiger partial charge in [0.2, 0.25) is 0 Å². The number of ether oxygens (including phenoxy) is 2. The third-order valence-electron chi connectivity index (χ3n) is 2.04. The van der Waals surface area contributed by atoms with E-state index in [-0.39, 0.29) is 18.1 Å². The number of aliphatic hydroxyl groups excluding tert-OH is 2. The van der Waals surface area contributed by atoms with Gasteiger partial charge in [-0.3, -0.25) is 0 Å². The number of hydrogen-bond donors (Lipinski definition) is 2. The summed E-state index contributed by atoms with van der Waals surface area (Å²) in [5, 5.41) is 18.2. The Morgan fingerprint density at radius 1 is 1.29 bits per heavy atom. The molecule has 0 radical (unpaired) electrons. The highest BCUT2D eigenvalue weighted by atomic mass is 19.3. The van der Waals surface area contributed by atoms with Gasteiger partial charge in [0.15, 0.2) is 11.5 Å². The van der Waals surface area contributed by atoms with Gasteiger partial charge in [-0.1, -0.05) is 6.07 Å². The van der Waals surface area contributed by atoms with Crippen molar-refractivity contribution in [3.63, 3.8) is 0 Å². The predicted octanol–water partition coefficient (Wildman–Crippen LogP) is 1.71. The Bertz CT molecular complexity index is 357. The molecule has 96 valence electrons. The molecule has 0 aromatic heterocycles. The second-order valence-corrected chi connectivity index (χ2v) is 3.22. The van der Waals surface area contributed by atoms with Crippen molar-refractivity contribution in [3.8, 4) is 11.5 Å². The lowest BCUT2D eigenvalue weighted by atomic mass is 10.1. The number of hydrogen-bond acceptors (Lipinski definition) is 4. The number of halogens is 2. The molecule has 1 atom stereocenters. The molecule has 1 aromatic rings. The van der Waals surface area contributed by atoms with Gasteiger partial charge >= 0.3 is 6.61 Å². The fraction of sp³-hybridized carbons (Fsp3) is 0.455. The van der Waals surface area contributed by atoms with Crippen molar-refractivity contribution in [2.45, 2.75) is 19.6 Å². The van der Waals surface area contributed by atoms with Gasteiger partial charge in [-0.25, -0.2) is 0 Å². The molecule has 17 heavy (non-hydrogen) atoms. The van der Waals surface area contributed by atoms with Crippen molar-refractivity contribution in [1.82, 2.24) is 0 Å². The summed E-state index contributed by atoms with van der Waals surface area (Å²) in [6, 6.07) is 4.02. The molecule has 2 N–H and O–H groups in total. The first kappa shape index (κ1) is 13.7. The first-order valence-electron chi connectivity index (χ1n) is 5.09. The van der Waals surface area contributed by atoms with E-state index in [0.29, 0.717) is 5.56 Å². The smallest absolute Gasteiger partial charge is 0.387 e. The molecule has 4 nitrogen and oxygen atoms in total. The van der Waals surface area contributed by atoms with Crippen LogP contribution in [0.5, 0.6) is 11.5 Å². The second-order valence-electron chi connectivity index (χ2n) is 3.22. The maximum atomic E-state index is 12.1. The van der Waals surface area contributed by atoms with Crippen LogP contribution in [0.1, 0.15) is 18.6 Å². The molecule has 0 saturated heterocycles. The van der Waals surface area contributed by atoms with Crippen LogP contribution in [0, 0.1) is 0 Å². The Balaban J connectivity index is 2.98. The zero-order valence-electron chi connectivity index (χ0n) is 9.27. The maximum absolute atomic E-state index is 12.1. The summed E-state index contributed by atoms with van der Waals surface area (Å²) in [5.74, 6) is 0.00791. The minimum absolute atomic E-state index is 0.101. The lowest BCUT2D eigenvalue weighted by Gasteiger charge is -2.14. The van der Waals surface area contributed by atoms with Crippen molar-refractivity contribution in [1.29, 1.82) is 0 Å². The molecule has 0 saturated carbocycles. The summed E-state index contributed by atoms with van der Waals surface area (Å²) < 4.78 is 33.6. The minimum Gasteiger partial charge on any atom is -0.490 e. The highest BCUT2D eigenvalue weighted by Gasteiger charge is 2.14. The van der Waals surface area contributed by atoms with E-state index < -0.39 is 19.3 Å². The topological polar surface area (TPSA) is 58.9 Å². The zero-order valence-corrected chi connectivity index (χ0v) is 9.27. The van der Waals surface area contributed by atoms with Crippen molar-refractivity contribution >= 4 is 0 Å². The summed E-state index contributed by atoms with van der Waals surface area (Å²) in [6.45, 7) is -1.43. The van der Waals surface area contributed by atoms with E-state index in [1.54, 1.807) is 6.92 Å². The fourth-order valence-electron chi connectivity index (χ4n) is 1.30. The Hall–Kier alpha value is -1.40. The van der Waals surface area contributed by atoms with Crippen LogP contribution in [0.25, 0.3) is 0 Å². The largest absolute Gasteiger partial charge is 0.490 e. The Morgan fingerprint density at radius 3 is 2.53 bits per heavy atom. The molecule has 0 amide bonds. The van der Waals surface area contributed by atoms with Crippen molar-refractivity contribution < 1.29 is 28.5 Å². The van der Waals surface area contributed by atoms with Crippen LogP contribution < -0.4 is 9.47 Å². The average Bonchev–Trinajstić information content (AvgIpc) is 2.30. The van der Waals surface area contributed by atoms with Gasteiger partial charge in [0.25, 0.3) is 0 Å². The normalized spacial score (nSPS) is 12.6. The standard InChI is InChI=1S/C11H14F2O4/c1-2-16-10-5-7(8(15)6-14)3-4-9(10)17-11(12)13/h3-5,8,11,14-15H,2,6H2,1H3. The Kier molecular flexibility index (Phi) is 5.11. The van der Waals surface area contributed by atoms with E-state index in [4.69, 9.17) is 9.84 Å². The van der Waals surface area contributed by atoms with Crippen LogP contribution in [-0.4, -0.2) is 30.0 Å². The third kappa shape index (κ3) is 3.83. The highest BCUT2D eigenvalue weighted by Crippen LogP contribution is 2.31. The summed E-state index contributed by atoms with van der Waals surface area (Å²) in [7, 11) is 0. The quantitative estimate of drug-likeness (QED) is 0.804. The molecule has 0 aliphatic rings. The molecule has 0 aliphatic carbocycles. The van der Waals surface area contributed by atoms with Crippen molar-refractivity contribution in [3.05, 3.63) is 23.8 Å². The Labute approximate surface area is 97.4 Å². The van der Waals surface area contributed by atoms with Gasteiger partial charge in [0, 0.05) is 0 Å². The van der Waals surface area contributed by atoms with E-state index in [1.807, 2.05) is 0 Å². The summed E-state index contributed by atoms with van der Waals surface area (Å²) in [6.07, 6.45) is -1.07. The summed E-state index contributed by atoms with van der Waals surface area (Å²) in [4.78, 5) is 0. The molecule has 6 heteroatoms. The molecule has 1 unspecified atom stereocenters. The number of alkyl halides is 2. The Morgan fingerprint density at radius 2 is 2.00 bits per heavy atom. The first-order chi connectivity index (χ1) is 8.08. The van der Waals surface area contributed by atoms with Gasteiger partial charge < -0.3 is 19.7 Å². The third-order valence-corrected chi connectivity index (χ3v) is 2.04. The maximum Gasteiger partial charge on any atom is 0.387 e. The van der Waals surface area contributed by atoms with Gasteiger partial charge in [-0.2, -0.15) is 8.78 Å². The highest BCUT2D eigenvalue weighted by molar-refractivity contribution is 5.43. The zero-order chi connectivity index (χ0) is 12.8. The SMILES string of the molecule is CCOc1cc(C(O)CO)ccc1OC(F)F. The van der Waals surface area contributed by atoms with Gasteiger partial charge in [0.05, 0.1) is 13.2 Å². The van der Waals surface area contributed by atoms with Crippen LogP contribution in [-0.2, 0) is 0 Å². The number of benzene rings is 1. The van der Waals surface area contributed by atoms with Crippen LogP contribution in [0.2, 0.25) is 0 Å². The van der Waals surface area contributed by atoms with Crippen LogP contribution in [0.15, 0.2) is 18.2 Å². The molecule has 1 rings (SSSR count). The second kappa shape index (κ2) is 6.36. The van der Waals surface area contributed by atoms with E-state index in [2.05, 4.69) is 4.74 Å². The van der Waals surface area contributed by atoms with E-state index in [9.17, 15) is 13.9 Å². The van der Waals surface area contributed by atoms with Gasteiger partial charge in [0.1, 0.15) is 6.10 Å². The monoisotopic (exact) mass is 248 g/mol. The van der Waals surface area contributed by atoms with Crippen LogP contribution >= 0.6 is 0 Å². The average molecular weight is 248 g/mol. The van der Waals surface area contributed by atoms with Crippen LogP contribution in [0.4, 0.5) is 8.78 Å². The molecular formula is C11H14F2O4.